The summed E-state index contributed by atoms with van der Waals surface area (Å²) in [6, 6.07) is 17.9. The second kappa shape index (κ2) is 5.36. The van der Waals surface area contributed by atoms with Crippen molar-refractivity contribution >= 4 is 16.3 Å². The van der Waals surface area contributed by atoms with Gasteiger partial charge < -0.3 is 5.11 Å². The second-order valence-corrected chi connectivity index (χ2v) is 5.92. The van der Waals surface area contributed by atoms with Crippen LogP contribution in [0.4, 0.5) is 0 Å². The van der Waals surface area contributed by atoms with Crippen LogP contribution in [0.2, 0.25) is 0 Å². The Bertz CT molecular complexity index is 910. The third kappa shape index (κ3) is 2.20. The maximum Gasteiger partial charge on any atom is 0.213 e. The van der Waals surface area contributed by atoms with Gasteiger partial charge in [0.05, 0.1) is 18.5 Å². The Morgan fingerprint density at radius 3 is 2.45 bits per heavy atom. The fraction of sp³-hybridized carbons (Fsp3) is 0.0588. The predicted octanol–water partition coefficient (Wildman–Crippen LogP) is 3.62. The average Bonchev–Trinajstić information content (AvgIpc) is 3.16. The monoisotopic (exact) mass is 307 g/mol. The van der Waals surface area contributed by atoms with Crippen LogP contribution < -0.4 is 0 Å². The van der Waals surface area contributed by atoms with E-state index in [1.54, 1.807) is 11.3 Å². The molecule has 4 aromatic rings. The van der Waals surface area contributed by atoms with Crippen molar-refractivity contribution in [3.8, 4) is 21.8 Å². The van der Waals surface area contributed by atoms with E-state index in [0.717, 1.165) is 32.4 Å². The first-order chi connectivity index (χ1) is 10.8. The standard InChI is InChI=1S/C17H13N3OS/c21-11-12-6-8-13(9-7-12)15-10-18-17-20(15)19-16(22-17)14-4-2-1-3-5-14/h1-10,21H,11H2. The van der Waals surface area contributed by atoms with E-state index < -0.39 is 0 Å². The molecule has 0 spiro atoms. The molecule has 22 heavy (non-hydrogen) atoms. The van der Waals surface area contributed by atoms with E-state index in [2.05, 4.69) is 10.1 Å². The number of aromatic nitrogens is 3. The maximum atomic E-state index is 9.13. The summed E-state index contributed by atoms with van der Waals surface area (Å²) in [4.78, 5) is 5.33. The van der Waals surface area contributed by atoms with Crippen LogP contribution in [0, 0.1) is 0 Å². The summed E-state index contributed by atoms with van der Waals surface area (Å²) in [5.74, 6) is 0. The van der Waals surface area contributed by atoms with E-state index in [9.17, 15) is 0 Å². The van der Waals surface area contributed by atoms with Gasteiger partial charge in [-0.25, -0.2) is 9.50 Å². The minimum atomic E-state index is 0.0525. The van der Waals surface area contributed by atoms with E-state index in [4.69, 9.17) is 5.11 Å². The summed E-state index contributed by atoms with van der Waals surface area (Å²) < 4.78 is 1.88. The average molecular weight is 307 g/mol. The lowest BCUT2D eigenvalue weighted by Gasteiger charge is -2.00. The Hall–Kier alpha value is -2.50. The van der Waals surface area contributed by atoms with Crippen LogP contribution in [0.25, 0.3) is 26.8 Å². The molecule has 0 amide bonds. The van der Waals surface area contributed by atoms with Crippen LogP contribution in [0.1, 0.15) is 5.56 Å². The van der Waals surface area contributed by atoms with Gasteiger partial charge in [0.1, 0.15) is 5.01 Å². The third-order valence-electron chi connectivity index (χ3n) is 3.54. The lowest BCUT2D eigenvalue weighted by Crippen LogP contribution is -1.90. The van der Waals surface area contributed by atoms with E-state index in [0.29, 0.717) is 0 Å². The molecule has 0 saturated carbocycles. The largest absolute Gasteiger partial charge is 0.392 e. The van der Waals surface area contributed by atoms with Crippen LogP contribution >= 0.6 is 11.3 Å². The van der Waals surface area contributed by atoms with Crippen molar-refractivity contribution < 1.29 is 5.11 Å². The molecule has 1 N–H and O–H groups in total. The number of imidazole rings is 1. The van der Waals surface area contributed by atoms with Gasteiger partial charge in [-0.2, -0.15) is 5.10 Å². The molecule has 0 atom stereocenters. The fourth-order valence-electron chi connectivity index (χ4n) is 2.37. The normalized spacial score (nSPS) is 11.1. The van der Waals surface area contributed by atoms with Gasteiger partial charge in [0, 0.05) is 11.1 Å². The topological polar surface area (TPSA) is 50.4 Å². The van der Waals surface area contributed by atoms with Gasteiger partial charge in [-0.15, -0.1) is 0 Å². The van der Waals surface area contributed by atoms with E-state index >= 15 is 0 Å². The molecule has 2 aromatic carbocycles. The molecule has 4 rings (SSSR count). The highest BCUT2D eigenvalue weighted by atomic mass is 32.1. The minimum Gasteiger partial charge on any atom is -0.392 e. The van der Waals surface area contributed by atoms with Crippen LogP contribution in [-0.4, -0.2) is 19.7 Å². The zero-order valence-electron chi connectivity index (χ0n) is 11.7. The van der Waals surface area contributed by atoms with Gasteiger partial charge in [0.2, 0.25) is 4.96 Å². The Morgan fingerprint density at radius 1 is 0.955 bits per heavy atom. The van der Waals surface area contributed by atoms with Crippen LogP contribution in [0.5, 0.6) is 0 Å². The Morgan fingerprint density at radius 2 is 1.73 bits per heavy atom. The molecule has 4 nitrogen and oxygen atoms in total. The maximum absolute atomic E-state index is 9.13. The number of rotatable bonds is 3. The van der Waals surface area contributed by atoms with Crippen molar-refractivity contribution in [1.82, 2.24) is 14.6 Å². The van der Waals surface area contributed by atoms with Crippen molar-refractivity contribution in [2.45, 2.75) is 6.61 Å². The smallest absolute Gasteiger partial charge is 0.213 e. The Kier molecular flexibility index (Phi) is 3.21. The van der Waals surface area contributed by atoms with Crippen molar-refractivity contribution in [3.05, 3.63) is 66.4 Å². The highest BCUT2D eigenvalue weighted by molar-refractivity contribution is 7.19. The zero-order chi connectivity index (χ0) is 14.9. The first-order valence-electron chi connectivity index (χ1n) is 6.95. The molecule has 0 unspecified atom stereocenters. The summed E-state index contributed by atoms with van der Waals surface area (Å²) in [7, 11) is 0. The number of fused-ring (bicyclic) bond motifs is 1. The molecule has 5 heteroatoms. The Balaban J connectivity index is 1.80. The molecule has 0 fully saturated rings. The van der Waals surface area contributed by atoms with Gasteiger partial charge in [-0.1, -0.05) is 65.9 Å². The SMILES string of the molecule is OCc1ccc(-c2cnc3sc(-c4ccccc4)nn23)cc1. The summed E-state index contributed by atoms with van der Waals surface area (Å²) in [6.45, 7) is 0.0525. The van der Waals surface area contributed by atoms with Crippen molar-refractivity contribution in [2.24, 2.45) is 0 Å². The second-order valence-electron chi connectivity index (χ2n) is 4.97. The van der Waals surface area contributed by atoms with Crippen molar-refractivity contribution in [3.63, 3.8) is 0 Å². The number of hydrogen-bond acceptors (Lipinski definition) is 4. The molecule has 0 aliphatic rings. The first kappa shape index (κ1) is 13.2. The Labute approximate surface area is 131 Å². The van der Waals surface area contributed by atoms with Crippen molar-refractivity contribution in [1.29, 1.82) is 0 Å². The van der Waals surface area contributed by atoms with Crippen LogP contribution in [-0.2, 0) is 6.61 Å². The zero-order valence-corrected chi connectivity index (χ0v) is 12.5. The molecule has 108 valence electrons. The lowest BCUT2D eigenvalue weighted by molar-refractivity contribution is 0.282. The third-order valence-corrected chi connectivity index (χ3v) is 4.51. The number of nitrogens with zero attached hydrogens (tertiary/aromatic N) is 3. The number of aliphatic hydroxyl groups is 1. The number of hydrogen-bond donors (Lipinski definition) is 1. The molecule has 2 aromatic heterocycles. The fourth-order valence-corrected chi connectivity index (χ4v) is 3.25. The van der Waals surface area contributed by atoms with E-state index in [1.165, 1.54) is 0 Å². The number of aliphatic hydroxyl groups excluding tert-OH is 1. The quantitative estimate of drug-likeness (QED) is 0.629. The van der Waals surface area contributed by atoms with Gasteiger partial charge in [-0.05, 0) is 5.56 Å². The lowest BCUT2D eigenvalue weighted by atomic mass is 10.1. The molecular weight excluding hydrogens is 294 g/mol. The molecule has 0 saturated heterocycles. The molecule has 0 radical (unpaired) electrons. The predicted molar refractivity (Wildman–Crippen MR) is 87.7 cm³/mol. The summed E-state index contributed by atoms with van der Waals surface area (Å²) in [5.41, 5.74) is 3.99. The summed E-state index contributed by atoms with van der Waals surface area (Å²) in [5, 5.41) is 14.8. The van der Waals surface area contributed by atoms with Gasteiger partial charge >= 0.3 is 0 Å². The molecule has 0 bridgehead atoms. The molecular formula is C17H13N3OS. The first-order valence-corrected chi connectivity index (χ1v) is 7.77. The van der Waals surface area contributed by atoms with Gasteiger partial charge in [0.25, 0.3) is 0 Å². The van der Waals surface area contributed by atoms with E-state index in [-0.39, 0.29) is 6.61 Å². The summed E-state index contributed by atoms with van der Waals surface area (Å²) >= 11 is 1.57. The van der Waals surface area contributed by atoms with Gasteiger partial charge in [0.15, 0.2) is 0 Å². The van der Waals surface area contributed by atoms with Crippen molar-refractivity contribution in [2.75, 3.05) is 0 Å². The van der Waals surface area contributed by atoms with Crippen LogP contribution in [0.3, 0.4) is 0 Å². The molecule has 0 aliphatic heterocycles. The summed E-state index contributed by atoms with van der Waals surface area (Å²) in [6.07, 6.45) is 1.83. The molecule has 2 heterocycles. The minimum absolute atomic E-state index is 0.0525. The highest BCUT2D eigenvalue weighted by Gasteiger charge is 2.12. The van der Waals surface area contributed by atoms with Crippen LogP contribution in [0.15, 0.2) is 60.8 Å². The molecule has 0 aliphatic carbocycles. The van der Waals surface area contributed by atoms with E-state index in [1.807, 2.05) is 65.3 Å². The highest BCUT2D eigenvalue weighted by Crippen LogP contribution is 2.29. The van der Waals surface area contributed by atoms with Gasteiger partial charge in [-0.3, -0.25) is 0 Å². The number of benzene rings is 2.